The van der Waals surface area contributed by atoms with Gasteiger partial charge in [-0.15, -0.1) is 0 Å². The fraction of sp³-hybridized carbons (Fsp3) is 0.120. The highest BCUT2D eigenvalue weighted by Crippen LogP contribution is 2.34. The molecule has 0 N–H and O–H groups in total. The second-order valence-corrected chi connectivity index (χ2v) is 7.34. The van der Waals surface area contributed by atoms with Crippen LogP contribution in [0.1, 0.15) is 39.7 Å². The van der Waals surface area contributed by atoms with Crippen LogP contribution in [-0.4, -0.2) is 16.6 Å². The van der Waals surface area contributed by atoms with Crippen molar-refractivity contribution in [1.29, 1.82) is 0 Å². The van der Waals surface area contributed by atoms with Gasteiger partial charge in [0.2, 0.25) is 0 Å². The molecule has 1 unspecified atom stereocenters. The molecular weight excluding hydrogens is 360 g/mol. The zero-order chi connectivity index (χ0) is 19.8. The molecule has 5 rings (SSSR count). The Balaban J connectivity index is 1.55. The van der Waals surface area contributed by atoms with Crippen molar-refractivity contribution in [2.75, 3.05) is 0 Å². The van der Waals surface area contributed by atoms with Crippen LogP contribution in [0, 0.1) is 6.92 Å². The smallest absolute Gasteiger partial charge is 0.310 e. The predicted molar refractivity (Wildman–Crippen MR) is 114 cm³/mol. The van der Waals surface area contributed by atoms with Crippen molar-refractivity contribution in [3.05, 3.63) is 107 Å². The van der Waals surface area contributed by atoms with Gasteiger partial charge in [0.05, 0.1) is 11.8 Å². The van der Waals surface area contributed by atoms with Crippen LogP contribution < -0.4 is 0 Å². The standard InChI is InChI=1S/C25H20N2O2/c1-17-11-13-19(14-12-17)22-16-21(18-7-3-2-4-8-18)26-27(22)25(28)24-15-20-9-5-6-10-23(20)29-24/h2-15,22H,16H2,1H3. The lowest BCUT2D eigenvalue weighted by molar-refractivity contribution is 0.0681. The third-order valence-corrected chi connectivity index (χ3v) is 5.32. The van der Waals surface area contributed by atoms with Gasteiger partial charge in [0.25, 0.3) is 0 Å². The summed E-state index contributed by atoms with van der Waals surface area (Å²) in [6.45, 7) is 2.06. The van der Waals surface area contributed by atoms with Gasteiger partial charge in [-0.25, -0.2) is 5.01 Å². The molecule has 0 spiro atoms. The molecule has 0 saturated carbocycles. The van der Waals surface area contributed by atoms with Crippen molar-refractivity contribution < 1.29 is 9.21 Å². The summed E-state index contributed by atoms with van der Waals surface area (Å²) in [5, 5.41) is 7.21. The first-order valence-corrected chi connectivity index (χ1v) is 9.71. The fourth-order valence-corrected chi connectivity index (χ4v) is 3.75. The summed E-state index contributed by atoms with van der Waals surface area (Å²) in [5.41, 5.74) is 4.89. The summed E-state index contributed by atoms with van der Waals surface area (Å²) >= 11 is 0. The van der Waals surface area contributed by atoms with Gasteiger partial charge in [-0.2, -0.15) is 5.10 Å². The minimum absolute atomic E-state index is 0.161. The molecule has 29 heavy (non-hydrogen) atoms. The van der Waals surface area contributed by atoms with Crippen molar-refractivity contribution in [2.45, 2.75) is 19.4 Å². The Bertz CT molecular complexity index is 1170. The third kappa shape index (κ3) is 3.23. The van der Waals surface area contributed by atoms with E-state index in [4.69, 9.17) is 9.52 Å². The van der Waals surface area contributed by atoms with Crippen LogP contribution in [0.4, 0.5) is 0 Å². The Morgan fingerprint density at radius 2 is 1.69 bits per heavy atom. The highest BCUT2D eigenvalue weighted by Gasteiger charge is 2.35. The minimum Gasteiger partial charge on any atom is -0.451 e. The van der Waals surface area contributed by atoms with Crippen LogP contribution in [0.2, 0.25) is 0 Å². The molecule has 0 radical (unpaired) electrons. The molecule has 0 bridgehead atoms. The topological polar surface area (TPSA) is 45.8 Å². The number of benzene rings is 3. The van der Waals surface area contributed by atoms with E-state index in [-0.39, 0.29) is 11.9 Å². The lowest BCUT2D eigenvalue weighted by Crippen LogP contribution is -2.26. The zero-order valence-corrected chi connectivity index (χ0v) is 16.1. The van der Waals surface area contributed by atoms with E-state index in [0.717, 1.165) is 22.2 Å². The van der Waals surface area contributed by atoms with Gasteiger partial charge in [0, 0.05) is 11.8 Å². The number of hydrogen-bond acceptors (Lipinski definition) is 3. The molecule has 142 valence electrons. The van der Waals surface area contributed by atoms with E-state index in [9.17, 15) is 4.79 Å². The lowest BCUT2D eigenvalue weighted by Gasteiger charge is -2.21. The average molecular weight is 380 g/mol. The van der Waals surface area contributed by atoms with Gasteiger partial charge in [-0.05, 0) is 30.2 Å². The molecule has 0 fully saturated rings. The Hall–Kier alpha value is -3.66. The zero-order valence-electron chi connectivity index (χ0n) is 16.1. The second-order valence-electron chi connectivity index (χ2n) is 7.34. The van der Waals surface area contributed by atoms with Crippen molar-refractivity contribution in [1.82, 2.24) is 5.01 Å². The molecule has 4 aromatic rings. The second kappa shape index (κ2) is 7.06. The van der Waals surface area contributed by atoms with Crippen molar-refractivity contribution in [3.8, 4) is 0 Å². The van der Waals surface area contributed by atoms with Gasteiger partial charge in [-0.3, -0.25) is 4.79 Å². The summed E-state index contributed by atoms with van der Waals surface area (Å²) < 4.78 is 5.83. The van der Waals surface area contributed by atoms with Crippen LogP contribution in [0.15, 0.2) is 94.4 Å². The maximum Gasteiger partial charge on any atom is 0.310 e. The number of aryl methyl sites for hydroxylation is 1. The number of furan rings is 1. The molecule has 4 nitrogen and oxygen atoms in total. The normalized spacial score (nSPS) is 16.2. The summed E-state index contributed by atoms with van der Waals surface area (Å²) in [4.78, 5) is 13.4. The van der Waals surface area contributed by atoms with E-state index < -0.39 is 0 Å². The maximum absolute atomic E-state index is 13.4. The summed E-state index contributed by atoms with van der Waals surface area (Å²) in [7, 11) is 0. The highest BCUT2D eigenvalue weighted by molar-refractivity contribution is 6.05. The molecule has 4 heteroatoms. The molecule has 1 aromatic heterocycles. The summed E-state index contributed by atoms with van der Waals surface area (Å²) in [6, 6.07) is 27.6. The molecule has 1 aliphatic rings. The van der Waals surface area contributed by atoms with Crippen molar-refractivity contribution in [3.63, 3.8) is 0 Å². The molecular formula is C25H20N2O2. The van der Waals surface area contributed by atoms with Crippen LogP contribution >= 0.6 is 0 Å². The lowest BCUT2D eigenvalue weighted by atomic mass is 9.97. The van der Waals surface area contributed by atoms with E-state index in [2.05, 4.69) is 31.2 Å². The van der Waals surface area contributed by atoms with Gasteiger partial charge in [-0.1, -0.05) is 78.4 Å². The molecule has 0 saturated heterocycles. The highest BCUT2D eigenvalue weighted by atomic mass is 16.3. The average Bonchev–Trinajstić information content (AvgIpc) is 3.39. The van der Waals surface area contributed by atoms with E-state index in [1.54, 1.807) is 11.1 Å². The minimum atomic E-state index is -0.224. The number of rotatable bonds is 3. The number of hydrogen-bond donors (Lipinski definition) is 0. The number of nitrogens with zero attached hydrogens (tertiary/aromatic N) is 2. The van der Waals surface area contributed by atoms with Crippen LogP contribution in [0.3, 0.4) is 0 Å². The largest absolute Gasteiger partial charge is 0.451 e. The van der Waals surface area contributed by atoms with Crippen molar-refractivity contribution >= 4 is 22.6 Å². The Morgan fingerprint density at radius 3 is 2.45 bits per heavy atom. The van der Waals surface area contributed by atoms with E-state index in [1.807, 2.05) is 54.6 Å². The summed E-state index contributed by atoms with van der Waals surface area (Å²) in [6.07, 6.45) is 0.666. The van der Waals surface area contributed by atoms with E-state index in [0.29, 0.717) is 17.8 Å². The van der Waals surface area contributed by atoms with E-state index in [1.165, 1.54) is 5.56 Å². The monoisotopic (exact) mass is 380 g/mol. The Morgan fingerprint density at radius 1 is 0.966 bits per heavy atom. The fourth-order valence-electron chi connectivity index (χ4n) is 3.75. The number of carbonyl (C=O) groups excluding carboxylic acids is 1. The molecule has 0 aliphatic carbocycles. The number of carbonyl (C=O) groups is 1. The summed E-state index contributed by atoms with van der Waals surface area (Å²) in [5.74, 6) is 0.0825. The Labute approximate surface area is 169 Å². The maximum atomic E-state index is 13.4. The third-order valence-electron chi connectivity index (χ3n) is 5.32. The SMILES string of the molecule is Cc1ccc(C2CC(c3ccccc3)=NN2C(=O)c2cc3ccccc3o2)cc1. The van der Waals surface area contributed by atoms with Crippen LogP contribution in [-0.2, 0) is 0 Å². The van der Waals surface area contributed by atoms with E-state index >= 15 is 0 Å². The molecule has 3 aromatic carbocycles. The molecule has 1 atom stereocenters. The van der Waals surface area contributed by atoms with Crippen LogP contribution in [0.5, 0.6) is 0 Å². The van der Waals surface area contributed by atoms with Crippen LogP contribution in [0.25, 0.3) is 11.0 Å². The Kier molecular flexibility index (Phi) is 4.24. The first-order chi connectivity index (χ1) is 14.2. The molecule has 1 amide bonds. The number of fused-ring (bicyclic) bond motifs is 1. The first kappa shape index (κ1) is 17.4. The number of hydrazone groups is 1. The van der Waals surface area contributed by atoms with Gasteiger partial charge >= 0.3 is 5.91 Å². The predicted octanol–water partition coefficient (Wildman–Crippen LogP) is 5.73. The van der Waals surface area contributed by atoms with Gasteiger partial charge < -0.3 is 4.42 Å². The molecule has 1 aliphatic heterocycles. The van der Waals surface area contributed by atoms with Gasteiger partial charge in [0.1, 0.15) is 5.58 Å². The number of para-hydroxylation sites is 1. The first-order valence-electron chi connectivity index (χ1n) is 9.71. The van der Waals surface area contributed by atoms with Gasteiger partial charge in [0.15, 0.2) is 5.76 Å². The number of amides is 1. The molecule has 2 heterocycles. The van der Waals surface area contributed by atoms with Crippen molar-refractivity contribution in [2.24, 2.45) is 5.10 Å². The quantitative estimate of drug-likeness (QED) is 0.455.